The van der Waals surface area contributed by atoms with E-state index in [-0.39, 0.29) is 34.3 Å². The second-order valence-corrected chi connectivity index (χ2v) is 6.57. The molecule has 0 amide bonds. The average Bonchev–Trinajstić information content (AvgIpc) is 3.08. The van der Waals surface area contributed by atoms with Crippen molar-refractivity contribution in [1.29, 1.82) is 0 Å². The van der Waals surface area contributed by atoms with Crippen LogP contribution in [0.5, 0.6) is 17.2 Å². The summed E-state index contributed by atoms with van der Waals surface area (Å²) >= 11 is 0. The van der Waals surface area contributed by atoms with Gasteiger partial charge in [-0.1, -0.05) is 18.2 Å². The number of ether oxygens (including phenoxy) is 3. The summed E-state index contributed by atoms with van der Waals surface area (Å²) in [5.74, 6) is 0.113. The highest BCUT2D eigenvalue weighted by Gasteiger charge is 2.28. The number of carbonyl (C=O) groups excluding carboxylic acids is 2. The van der Waals surface area contributed by atoms with Gasteiger partial charge in [0, 0.05) is 18.2 Å². The predicted molar refractivity (Wildman–Crippen MR) is 110 cm³/mol. The van der Waals surface area contributed by atoms with Crippen LogP contribution < -0.4 is 14.2 Å². The molecule has 1 aliphatic heterocycles. The number of nitro groups is 1. The van der Waals surface area contributed by atoms with Crippen molar-refractivity contribution in [2.45, 2.75) is 0 Å². The van der Waals surface area contributed by atoms with Crippen LogP contribution in [-0.2, 0) is 0 Å². The van der Waals surface area contributed by atoms with Crippen LogP contribution in [0.3, 0.4) is 0 Å². The number of rotatable bonds is 5. The van der Waals surface area contributed by atoms with Gasteiger partial charge in [0.15, 0.2) is 5.76 Å². The molecule has 0 unspecified atom stereocenters. The monoisotopic (exact) mass is 417 g/mol. The van der Waals surface area contributed by atoms with Crippen LogP contribution >= 0.6 is 0 Å². The Kier molecular flexibility index (Phi) is 5.19. The van der Waals surface area contributed by atoms with Gasteiger partial charge in [-0.3, -0.25) is 14.9 Å². The number of fused-ring (bicyclic) bond motifs is 1. The second-order valence-electron chi connectivity index (χ2n) is 6.57. The normalized spacial score (nSPS) is 13.5. The predicted octanol–water partition coefficient (Wildman–Crippen LogP) is 4.44. The molecular weight excluding hydrogens is 402 g/mol. The van der Waals surface area contributed by atoms with E-state index >= 15 is 0 Å². The summed E-state index contributed by atoms with van der Waals surface area (Å²) in [5.41, 5.74) is 0.882. The van der Waals surface area contributed by atoms with E-state index in [2.05, 4.69) is 0 Å². The molecule has 3 aromatic carbocycles. The van der Waals surface area contributed by atoms with Crippen LogP contribution in [-0.4, -0.2) is 23.8 Å². The number of allylic oxidation sites excluding steroid dienone is 1. The Morgan fingerprint density at radius 3 is 2.61 bits per heavy atom. The number of esters is 1. The first-order valence-electron chi connectivity index (χ1n) is 9.13. The first-order chi connectivity index (χ1) is 14.9. The van der Waals surface area contributed by atoms with Gasteiger partial charge in [0.1, 0.15) is 17.2 Å². The fraction of sp³-hybridized carbons (Fsp3) is 0.0435. The maximum Gasteiger partial charge on any atom is 0.343 e. The summed E-state index contributed by atoms with van der Waals surface area (Å²) in [6, 6.07) is 16.8. The van der Waals surface area contributed by atoms with E-state index in [0.717, 1.165) is 11.6 Å². The molecule has 0 radical (unpaired) electrons. The van der Waals surface area contributed by atoms with Crippen molar-refractivity contribution >= 4 is 23.5 Å². The molecule has 0 N–H and O–H groups in total. The lowest BCUT2D eigenvalue weighted by Crippen LogP contribution is -2.08. The number of ketones is 1. The minimum atomic E-state index is -0.764. The van der Waals surface area contributed by atoms with Gasteiger partial charge in [-0.25, -0.2) is 4.79 Å². The van der Waals surface area contributed by atoms with E-state index in [1.54, 1.807) is 37.5 Å². The number of nitrogens with zero attached hydrogens (tertiary/aromatic N) is 1. The summed E-state index contributed by atoms with van der Waals surface area (Å²) in [6.45, 7) is 0. The maximum atomic E-state index is 12.6. The quantitative estimate of drug-likeness (QED) is 0.199. The van der Waals surface area contributed by atoms with Crippen molar-refractivity contribution in [3.05, 3.63) is 99.3 Å². The summed E-state index contributed by atoms with van der Waals surface area (Å²) in [5, 5.41) is 10.9. The highest BCUT2D eigenvalue weighted by molar-refractivity contribution is 6.14. The molecule has 0 atom stereocenters. The third kappa shape index (κ3) is 4.13. The molecule has 0 saturated carbocycles. The van der Waals surface area contributed by atoms with Crippen molar-refractivity contribution < 1.29 is 28.7 Å². The Hall–Kier alpha value is -4.46. The summed E-state index contributed by atoms with van der Waals surface area (Å²) < 4.78 is 16.1. The number of nitro benzene ring substituents is 1. The van der Waals surface area contributed by atoms with Crippen molar-refractivity contribution in [3.63, 3.8) is 0 Å². The third-order valence-electron chi connectivity index (χ3n) is 4.54. The highest BCUT2D eigenvalue weighted by atomic mass is 16.6. The standard InChI is InChI=1S/C23H15NO7/c1-29-17-7-2-4-14(10-17)11-21-22(25)19-9-8-18(13-20(19)31-21)30-23(26)15-5-3-6-16(12-15)24(27)28/h2-13H,1H3/b21-11-. The smallest absolute Gasteiger partial charge is 0.343 e. The van der Waals surface area contributed by atoms with E-state index in [9.17, 15) is 19.7 Å². The Labute approximate surface area is 176 Å². The number of hydrogen-bond donors (Lipinski definition) is 0. The van der Waals surface area contributed by atoms with Crippen molar-refractivity contribution in [3.8, 4) is 17.2 Å². The molecule has 1 heterocycles. The highest BCUT2D eigenvalue weighted by Crippen LogP contribution is 2.35. The molecule has 31 heavy (non-hydrogen) atoms. The van der Waals surface area contributed by atoms with Crippen LogP contribution in [0.4, 0.5) is 5.69 Å². The van der Waals surface area contributed by atoms with Crippen LogP contribution in [0.15, 0.2) is 72.5 Å². The van der Waals surface area contributed by atoms with Gasteiger partial charge < -0.3 is 14.2 Å². The second kappa shape index (κ2) is 8.11. The van der Waals surface area contributed by atoms with Gasteiger partial charge in [0.25, 0.3) is 5.69 Å². The summed E-state index contributed by atoms with van der Waals surface area (Å²) in [6.07, 6.45) is 1.60. The molecule has 8 heteroatoms. The van der Waals surface area contributed by atoms with Crippen LogP contribution in [0.1, 0.15) is 26.3 Å². The number of methoxy groups -OCH3 is 1. The molecule has 0 aliphatic carbocycles. The lowest BCUT2D eigenvalue weighted by Gasteiger charge is -2.06. The van der Waals surface area contributed by atoms with Crippen molar-refractivity contribution in [2.75, 3.05) is 7.11 Å². The van der Waals surface area contributed by atoms with Crippen molar-refractivity contribution in [2.24, 2.45) is 0 Å². The lowest BCUT2D eigenvalue weighted by molar-refractivity contribution is -0.384. The molecule has 3 aromatic rings. The number of benzene rings is 3. The Morgan fingerprint density at radius 2 is 1.84 bits per heavy atom. The molecule has 8 nitrogen and oxygen atoms in total. The zero-order valence-corrected chi connectivity index (χ0v) is 16.2. The fourth-order valence-corrected chi connectivity index (χ4v) is 3.03. The van der Waals surface area contributed by atoms with E-state index in [4.69, 9.17) is 14.2 Å². The molecule has 0 fully saturated rings. The van der Waals surface area contributed by atoms with Gasteiger partial charge in [0.05, 0.1) is 23.2 Å². The lowest BCUT2D eigenvalue weighted by atomic mass is 10.1. The molecule has 0 bridgehead atoms. The van der Waals surface area contributed by atoms with E-state index in [0.29, 0.717) is 11.3 Å². The number of hydrogen-bond acceptors (Lipinski definition) is 7. The SMILES string of the molecule is COc1cccc(/C=C2\Oc3cc(OC(=O)c4cccc([N+](=O)[O-])c4)ccc3C2=O)c1. The largest absolute Gasteiger partial charge is 0.497 e. The first kappa shape index (κ1) is 19.8. The molecule has 154 valence electrons. The molecule has 0 spiro atoms. The Morgan fingerprint density at radius 1 is 1.03 bits per heavy atom. The zero-order chi connectivity index (χ0) is 22.0. The maximum absolute atomic E-state index is 12.6. The molecular formula is C23H15NO7. The molecule has 0 aromatic heterocycles. The fourth-order valence-electron chi connectivity index (χ4n) is 3.03. The first-order valence-corrected chi connectivity index (χ1v) is 9.13. The van der Waals surface area contributed by atoms with Gasteiger partial charge in [-0.15, -0.1) is 0 Å². The number of Topliss-reactive ketones (excluding diaryl/α,β-unsaturated/α-hetero) is 1. The van der Waals surface area contributed by atoms with E-state index in [1.807, 2.05) is 0 Å². The minimum Gasteiger partial charge on any atom is -0.497 e. The Bertz CT molecular complexity index is 1250. The Balaban J connectivity index is 1.54. The number of carbonyl (C=O) groups is 2. The summed E-state index contributed by atoms with van der Waals surface area (Å²) in [4.78, 5) is 35.2. The van der Waals surface area contributed by atoms with Crippen molar-refractivity contribution in [1.82, 2.24) is 0 Å². The van der Waals surface area contributed by atoms with Gasteiger partial charge in [-0.05, 0) is 42.0 Å². The summed E-state index contributed by atoms with van der Waals surface area (Å²) in [7, 11) is 1.55. The van der Waals surface area contributed by atoms with E-state index in [1.165, 1.54) is 36.4 Å². The molecule has 0 saturated heterocycles. The van der Waals surface area contributed by atoms with Gasteiger partial charge in [-0.2, -0.15) is 0 Å². The van der Waals surface area contributed by atoms with E-state index < -0.39 is 10.9 Å². The molecule has 1 aliphatic rings. The number of non-ortho nitro benzene ring substituents is 1. The van der Waals surface area contributed by atoms with Crippen LogP contribution in [0.25, 0.3) is 6.08 Å². The molecule has 4 rings (SSSR count). The topological polar surface area (TPSA) is 105 Å². The third-order valence-corrected chi connectivity index (χ3v) is 4.54. The van der Waals surface area contributed by atoms with Crippen LogP contribution in [0.2, 0.25) is 0 Å². The van der Waals surface area contributed by atoms with Crippen LogP contribution in [0, 0.1) is 10.1 Å². The van der Waals surface area contributed by atoms with Gasteiger partial charge >= 0.3 is 5.97 Å². The van der Waals surface area contributed by atoms with Gasteiger partial charge in [0.2, 0.25) is 5.78 Å². The average molecular weight is 417 g/mol. The minimum absolute atomic E-state index is 0.0327. The zero-order valence-electron chi connectivity index (χ0n) is 16.2.